The van der Waals surface area contributed by atoms with Crippen LogP contribution >= 0.6 is 0 Å². The molecule has 0 aliphatic rings. The number of aromatic carboxylic acids is 1. The van der Waals surface area contributed by atoms with Gasteiger partial charge in [0.1, 0.15) is 5.56 Å². The highest BCUT2D eigenvalue weighted by molar-refractivity contribution is 6.04. The highest BCUT2D eigenvalue weighted by Gasteiger charge is 2.18. The van der Waals surface area contributed by atoms with Gasteiger partial charge in [-0.1, -0.05) is 0 Å². The first-order chi connectivity index (χ1) is 10.1. The second-order valence-electron chi connectivity index (χ2n) is 4.89. The summed E-state index contributed by atoms with van der Waals surface area (Å²) in [6.45, 7) is 3.23. The van der Waals surface area contributed by atoms with E-state index in [0.29, 0.717) is 24.5 Å². The van der Waals surface area contributed by atoms with Gasteiger partial charge in [-0.25, -0.2) is 9.78 Å². The summed E-state index contributed by atoms with van der Waals surface area (Å²) in [6, 6.07) is 0. The van der Waals surface area contributed by atoms with E-state index >= 15 is 0 Å². The second-order valence-corrected chi connectivity index (χ2v) is 4.89. The Hall–Kier alpha value is -2.15. The van der Waals surface area contributed by atoms with Crippen molar-refractivity contribution in [1.29, 1.82) is 0 Å². The monoisotopic (exact) mass is 292 g/mol. The molecule has 7 heteroatoms. The summed E-state index contributed by atoms with van der Waals surface area (Å²) in [4.78, 5) is 15.6. The maximum atomic E-state index is 11.4. The van der Waals surface area contributed by atoms with Gasteiger partial charge in [0, 0.05) is 33.5 Å². The van der Waals surface area contributed by atoms with Gasteiger partial charge in [-0.15, -0.1) is 0 Å². The van der Waals surface area contributed by atoms with Crippen molar-refractivity contribution in [2.24, 2.45) is 7.05 Å². The average Bonchev–Trinajstić information content (AvgIpc) is 2.73. The number of anilines is 1. The Kier molecular flexibility index (Phi) is 4.74. The van der Waals surface area contributed by atoms with Gasteiger partial charge in [-0.2, -0.15) is 5.10 Å². The van der Waals surface area contributed by atoms with Crippen LogP contribution in [0.4, 0.5) is 5.69 Å². The summed E-state index contributed by atoms with van der Waals surface area (Å²) < 4.78 is 6.66. The van der Waals surface area contributed by atoms with E-state index in [4.69, 9.17) is 4.74 Å². The van der Waals surface area contributed by atoms with E-state index in [2.05, 4.69) is 15.4 Å². The van der Waals surface area contributed by atoms with E-state index in [-0.39, 0.29) is 5.56 Å². The van der Waals surface area contributed by atoms with Crippen LogP contribution in [-0.2, 0) is 11.8 Å². The normalized spacial score (nSPS) is 11.0. The van der Waals surface area contributed by atoms with Gasteiger partial charge < -0.3 is 15.2 Å². The van der Waals surface area contributed by atoms with Gasteiger partial charge >= 0.3 is 5.97 Å². The van der Waals surface area contributed by atoms with Crippen LogP contribution in [0.15, 0.2) is 6.20 Å². The Morgan fingerprint density at radius 3 is 2.90 bits per heavy atom. The lowest BCUT2D eigenvalue weighted by Gasteiger charge is -2.11. The molecule has 0 aliphatic carbocycles. The third-order valence-corrected chi connectivity index (χ3v) is 3.33. The summed E-state index contributed by atoms with van der Waals surface area (Å²) in [5, 5.41) is 17.6. The summed E-state index contributed by atoms with van der Waals surface area (Å²) in [6.07, 6.45) is 3.20. The number of pyridine rings is 1. The number of carboxylic acids is 1. The molecule has 0 bridgehead atoms. The molecule has 0 saturated carbocycles. The number of hydrogen-bond acceptors (Lipinski definition) is 5. The molecule has 2 aromatic heterocycles. The van der Waals surface area contributed by atoms with Gasteiger partial charge in [0.15, 0.2) is 5.65 Å². The quantitative estimate of drug-likeness (QED) is 0.757. The largest absolute Gasteiger partial charge is 0.478 e. The van der Waals surface area contributed by atoms with Crippen LogP contribution in [0.5, 0.6) is 0 Å². The van der Waals surface area contributed by atoms with Crippen molar-refractivity contribution in [2.75, 3.05) is 25.6 Å². The summed E-state index contributed by atoms with van der Waals surface area (Å²) in [5.41, 5.74) is 2.21. The smallest absolute Gasteiger partial charge is 0.339 e. The third kappa shape index (κ3) is 3.13. The third-order valence-electron chi connectivity index (χ3n) is 3.33. The Balaban J connectivity index is 2.33. The molecule has 2 rings (SSSR count). The number of aromatic nitrogens is 3. The predicted molar refractivity (Wildman–Crippen MR) is 79.8 cm³/mol. The maximum Gasteiger partial charge on any atom is 0.339 e. The number of methoxy groups -OCH3 is 1. The number of fused-ring (bicyclic) bond motifs is 1. The Morgan fingerprint density at radius 2 is 2.24 bits per heavy atom. The number of carboxylic acid groups (broad SMARTS) is 1. The van der Waals surface area contributed by atoms with Crippen LogP contribution < -0.4 is 5.32 Å². The molecular formula is C14H20N4O3. The van der Waals surface area contributed by atoms with Crippen molar-refractivity contribution in [2.45, 2.75) is 19.8 Å². The molecule has 0 unspecified atom stereocenters. The minimum Gasteiger partial charge on any atom is -0.478 e. The molecule has 0 spiro atoms. The van der Waals surface area contributed by atoms with E-state index in [1.807, 2.05) is 6.92 Å². The summed E-state index contributed by atoms with van der Waals surface area (Å²) in [7, 11) is 3.46. The first-order valence-corrected chi connectivity index (χ1v) is 6.84. The van der Waals surface area contributed by atoms with Crippen LogP contribution in [0.1, 0.15) is 28.9 Å². The summed E-state index contributed by atoms with van der Waals surface area (Å²) >= 11 is 0. The number of unbranched alkanes of at least 4 members (excludes halogenated alkanes) is 1. The number of nitrogens with one attached hydrogen (secondary N) is 1. The van der Waals surface area contributed by atoms with Crippen molar-refractivity contribution < 1.29 is 14.6 Å². The molecule has 0 amide bonds. The zero-order valence-electron chi connectivity index (χ0n) is 12.5. The zero-order valence-corrected chi connectivity index (χ0v) is 12.5. The molecule has 0 fully saturated rings. The Bertz CT molecular complexity index is 651. The van der Waals surface area contributed by atoms with Crippen molar-refractivity contribution in [3.8, 4) is 0 Å². The maximum absolute atomic E-state index is 11.4. The molecule has 0 aliphatic heterocycles. The predicted octanol–water partition coefficient (Wildman–Crippen LogP) is 1.81. The fraction of sp³-hybridized carbons (Fsp3) is 0.500. The van der Waals surface area contributed by atoms with Crippen molar-refractivity contribution in [3.05, 3.63) is 17.5 Å². The number of rotatable bonds is 7. The summed E-state index contributed by atoms with van der Waals surface area (Å²) in [5.74, 6) is -0.993. The Labute approximate surface area is 122 Å². The minimum atomic E-state index is -0.993. The number of hydrogen-bond donors (Lipinski definition) is 2. The fourth-order valence-corrected chi connectivity index (χ4v) is 2.34. The standard InChI is InChI=1S/C14H20N4O3/c1-9-11-12(15-6-4-5-7-21-3)10(14(19)20)8-16-13(11)18(2)17-9/h8H,4-7H2,1-3H3,(H,15,16)(H,19,20). The molecular weight excluding hydrogens is 272 g/mol. The van der Waals surface area contributed by atoms with Crippen LogP contribution in [0, 0.1) is 6.92 Å². The van der Waals surface area contributed by atoms with E-state index in [0.717, 1.165) is 23.9 Å². The SMILES string of the molecule is COCCCCNc1c(C(=O)O)cnc2c1c(C)nn2C. The highest BCUT2D eigenvalue weighted by atomic mass is 16.5. The molecule has 21 heavy (non-hydrogen) atoms. The first-order valence-electron chi connectivity index (χ1n) is 6.84. The zero-order chi connectivity index (χ0) is 15.4. The topological polar surface area (TPSA) is 89.3 Å². The van der Waals surface area contributed by atoms with E-state index in [1.54, 1.807) is 18.8 Å². The van der Waals surface area contributed by atoms with Crippen LogP contribution in [0.3, 0.4) is 0 Å². The number of nitrogens with zero attached hydrogens (tertiary/aromatic N) is 3. The van der Waals surface area contributed by atoms with Crippen LogP contribution in [0.25, 0.3) is 11.0 Å². The molecule has 7 nitrogen and oxygen atoms in total. The van der Waals surface area contributed by atoms with Gasteiger partial charge in [-0.05, 0) is 19.8 Å². The van der Waals surface area contributed by atoms with Gasteiger partial charge in [0.05, 0.1) is 16.8 Å². The van der Waals surface area contributed by atoms with Crippen LogP contribution in [0.2, 0.25) is 0 Å². The van der Waals surface area contributed by atoms with E-state index in [9.17, 15) is 9.90 Å². The lowest BCUT2D eigenvalue weighted by atomic mass is 10.1. The van der Waals surface area contributed by atoms with Gasteiger partial charge in [0.25, 0.3) is 0 Å². The average molecular weight is 292 g/mol. The van der Waals surface area contributed by atoms with E-state index in [1.165, 1.54) is 6.20 Å². The molecule has 2 aromatic rings. The highest BCUT2D eigenvalue weighted by Crippen LogP contribution is 2.28. The van der Waals surface area contributed by atoms with Gasteiger partial charge in [0.2, 0.25) is 0 Å². The second kappa shape index (κ2) is 6.53. The molecule has 114 valence electrons. The lowest BCUT2D eigenvalue weighted by Crippen LogP contribution is -2.10. The molecule has 0 saturated heterocycles. The van der Waals surface area contributed by atoms with Crippen molar-refractivity contribution in [3.63, 3.8) is 0 Å². The molecule has 2 heterocycles. The van der Waals surface area contributed by atoms with Crippen LogP contribution in [-0.4, -0.2) is 46.1 Å². The first kappa shape index (κ1) is 15.2. The lowest BCUT2D eigenvalue weighted by molar-refractivity contribution is 0.0697. The molecule has 0 radical (unpaired) electrons. The fourth-order valence-electron chi connectivity index (χ4n) is 2.34. The molecule has 0 aromatic carbocycles. The molecule has 2 N–H and O–H groups in total. The van der Waals surface area contributed by atoms with Gasteiger partial charge in [-0.3, -0.25) is 4.68 Å². The minimum absolute atomic E-state index is 0.172. The van der Waals surface area contributed by atoms with Crippen molar-refractivity contribution >= 4 is 22.7 Å². The number of ether oxygens (including phenoxy) is 1. The number of carbonyl (C=O) groups is 1. The molecule has 0 atom stereocenters. The van der Waals surface area contributed by atoms with E-state index < -0.39 is 5.97 Å². The number of aryl methyl sites for hydroxylation is 2. The Morgan fingerprint density at radius 1 is 1.48 bits per heavy atom. The van der Waals surface area contributed by atoms with Crippen molar-refractivity contribution in [1.82, 2.24) is 14.8 Å².